The second kappa shape index (κ2) is 12.0. The first kappa shape index (κ1) is 29.4. The third-order valence-electron chi connectivity index (χ3n) is 5.22. The highest BCUT2D eigenvalue weighted by Gasteiger charge is 2.34. The molecule has 0 fully saturated rings. The van der Waals surface area contributed by atoms with Crippen LogP contribution in [0.25, 0.3) is 0 Å². The Balaban J connectivity index is 2.48. The van der Waals surface area contributed by atoms with Gasteiger partial charge in [-0.05, 0) is 56.2 Å². The summed E-state index contributed by atoms with van der Waals surface area (Å²) < 4.78 is 65.4. The Labute approximate surface area is 214 Å². The molecule has 0 spiro atoms. The number of anilines is 1. The molecule has 1 unspecified atom stereocenters. The van der Waals surface area contributed by atoms with Gasteiger partial charge in [0.25, 0.3) is 0 Å². The molecule has 1 atom stereocenters. The van der Waals surface area contributed by atoms with Gasteiger partial charge >= 0.3 is 6.18 Å². The van der Waals surface area contributed by atoms with Crippen LogP contribution >= 0.6 is 11.6 Å². The summed E-state index contributed by atoms with van der Waals surface area (Å²) in [6, 6.07) is 9.11. The summed E-state index contributed by atoms with van der Waals surface area (Å²) in [6.07, 6.45) is -3.68. The topological polar surface area (TPSA) is 86.8 Å². The zero-order chi connectivity index (χ0) is 27.3. The lowest BCUT2D eigenvalue weighted by atomic mass is 10.1. The standard InChI is InChI=1S/C24H29ClF3N3O4S/c1-5-21(23(33)29-16(2)3)30(14-17-9-11-19(25)12-10-17)22(32)15-31(36(4,34)35)20-8-6-7-18(13-20)24(26,27)28/h6-13,16,21H,5,14-15H2,1-4H3,(H,29,33). The number of nitrogens with zero attached hydrogens (tertiary/aromatic N) is 2. The smallest absolute Gasteiger partial charge is 0.352 e. The van der Waals surface area contributed by atoms with Crippen LogP contribution in [0, 0.1) is 0 Å². The van der Waals surface area contributed by atoms with Gasteiger partial charge in [0.15, 0.2) is 0 Å². The van der Waals surface area contributed by atoms with Crippen LogP contribution in [0.4, 0.5) is 18.9 Å². The van der Waals surface area contributed by atoms with E-state index in [9.17, 15) is 31.2 Å². The molecule has 2 aromatic carbocycles. The number of amides is 2. The van der Waals surface area contributed by atoms with Gasteiger partial charge in [-0.1, -0.05) is 36.7 Å². The van der Waals surface area contributed by atoms with Gasteiger partial charge in [0, 0.05) is 17.6 Å². The van der Waals surface area contributed by atoms with E-state index < -0.39 is 46.2 Å². The maximum absolute atomic E-state index is 13.5. The monoisotopic (exact) mass is 547 g/mol. The second-order valence-electron chi connectivity index (χ2n) is 8.55. The van der Waals surface area contributed by atoms with Gasteiger partial charge in [-0.25, -0.2) is 8.42 Å². The van der Waals surface area contributed by atoms with E-state index >= 15 is 0 Å². The fourth-order valence-electron chi connectivity index (χ4n) is 3.54. The lowest BCUT2D eigenvalue weighted by molar-refractivity contribution is -0.140. The second-order valence-corrected chi connectivity index (χ2v) is 10.9. The van der Waals surface area contributed by atoms with Gasteiger partial charge in [-0.15, -0.1) is 0 Å². The number of nitrogens with one attached hydrogen (secondary N) is 1. The van der Waals surface area contributed by atoms with E-state index in [0.29, 0.717) is 21.0 Å². The average Bonchev–Trinajstić information content (AvgIpc) is 2.76. The van der Waals surface area contributed by atoms with Crippen molar-refractivity contribution in [2.45, 2.75) is 52.0 Å². The number of halogens is 4. The van der Waals surface area contributed by atoms with Crippen molar-refractivity contribution in [1.82, 2.24) is 10.2 Å². The first-order chi connectivity index (χ1) is 16.6. The van der Waals surface area contributed by atoms with Crippen LogP contribution in [0.15, 0.2) is 48.5 Å². The summed E-state index contributed by atoms with van der Waals surface area (Å²) in [5.41, 5.74) is -0.734. The zero-order valence-electron chi connectivity index (χ0n) is 20.3. The summed E-state index contributed by atoms with van der Waals surface area (Å²) in [6.45, 7) is 4.39. The minimum Gasteiger partial charge on any atom is -0.352 e. The van der Waals surface area contributed by atoms with E-state index in [2.05, 4.69) is 5.32 Å². The van der Waals surface area contributed by atoms with Crippen molar-refractivity contribution in [3.63, 3.8) is 0 Å². The highest BCUT2D eigenvalue weighted by Crippen LogP contribution is 2.32. The molecule has 0 bridgehead atoms. The van der Waals surface area contributed by atoms with Crippen LogP contribution in [0.2, 0.25) is 5.02 Å². The first-order valence-electron chi connectivity index (χ1n) is 11.1. The minimum atomic E-state index is -4.70. The minimum absolute atomic E-state index is 0.0415. The number of carbonyl (C=O) groups is 2. The molecule has 0 radical (unpaired) electrons. The molecule has 0 aliphatic rings. The maximum Gasteiger partial charge on any atom is 0.416 e. The van der Waals surface area contributed by atoms with E-state index in [-0.39, 0.29) is 24.7 Å². The van der Waals surface area contributed by atoms with Crippen molar-refractivity contribution in [2.24, 2.45) is 0 Å². The molecule has 0 aliphatic heterocycles. The quantitative estimate of drug-likeness (QED) is 0.476. The predicted molar refractivity (Wildman–Crippen MR) is 133 cm³/mol. The average molecular weight is 548 g/mol. The van der Waals surface area contributed by atoms with Crippen molar-refractivity contribution >= 4 is 39.1 Å². The molecule has 2 rings (SSSR count). The molecule has 2 amide bonds. The number of rotatable bonds is 10. The number of hydrogen-bond donors (Lipinski definition) is 1. The zero-order valence-corrected chi connectivity index (χ0v) is 21.9. The fourth-order valence-corrected chi connectivity index (χ4v) is 4.51. The maximum atomic E-state index is 13.5. The van der Waals surface area contributed by atoms with Gasteiger partial charge in [0.2, 0.25) is 21.8 Å². The Hall–Kier alpha value is -2.79. The Morgan fingerprint density at radius 1 is 1.08 bits per heavy atom. The van der Waals surface area contributed by atoms with Gasteiger partial charge in [-0.2, -0.15) is 13.2 Å². The third kappa shape index (κ3) is 8.12. The molecule has 1 N–H and O–H groups in total. The first-order valence-corrected chi connectivity index (χ1v) is 13.3. The normalized spacial score (nSPS) is 12.8. The Bertz CT molecular complexity index is 1170. The van der Waals surface area contributed by atoms with Gasteiger partial charge in [0.1, 0.15) is 12.6 Å². The summed E-state index contributed by atoms with van der Waals surface area (Å²) in [4.78, 5) is 27.6. The van der Waals surface area contributed by atoms with Gasteiger partial charge < -0.3 is 10.2 Å². The lowest BCUT2D eigenvalue weighted by Gasteiger charge is -2.33. The molecule has 7 nitrogen and oxygen atoms in total. The molecule has 0 saturated heterocycles. The molecular weight excluding hydrogens is 519 g/mol. The number of alkyl halides is 3. The number of benzene rings is 2. The van der Waals surface area contributed by atoms with E-state index in [4.69, 9.17) is 11.6 Å². The van der Waals surface area contributed by atoms with Crippen molar-refractivity contribution in [1.29, 1.82) is 0 Å². The van der Waals surface area contributed by atoms with E-state index in [1.54, 1.807) is 45.0 Å². The van der Waals surface area contributed by atoms with Crippen LogP contribution in [-0.2, 0) is 32.3 Å². The van der Waals surface area contributed by atoms with E-state index in [0.717, 1.165) is 18.4 Å². The van der Waals surface area contributed by atoms with Gasteiger partial charge in [-0.3, -0.25) is 13.9 Å². The van der Waals surface area contributed by atoms with Crippen LogP contribution in [0.3, 0.4) is 0 Å². The third-order valence-corrected chi connectivity index (χ3v) is 6.62. The molecule has 2 aromatic rings. The summed E-state index contributed by atoms with van der Waals surface area (Å²) in [5, 5.41) is 3.22. The van der Waals surface area contributed by atoms with Crippen LogP contribution in [0.5, 0.6) is 0 Å². The summed E-state index contributed by atoms with van der Waals surface area (Å²) in [5.74, 6) is -1.18. The molecule has 0 aliphatic carbocycles. The highest BCUT2D eigenvalue weighted by molar-refractivity contribution is 7.92. The fraction of sp³-hybridized carbons (Fsp3) is 0.417. The van der Waals surface area contributed by atoms with E-state index in [1.165, 1.54) is 11.0 Å². The number of sulfonamides is 1. The SMILES string of the molecule is CCC(C(=O)NC(C)C)N(Cc1ccc(Cl)cc1)C(=O)CN(c1cccc(C(F)(F)F)c1)S(C)(=O)=O. The number of hydrogen-bond acceptors (Lipinski definition) is 4. The van der Waals surface area contributed by atoms with Crippen LogP contribution in [0.1, 0.15) is 38.3 Å². The number of carbonyl (C=O) groups excluding carboxylic acids is 2. The molecular formula is C24H29ClF3N3O4S. The molecule has 36 heavy (non-hydrogen) atoms. The molecule has 198 valence electrons. The van der Waals surface area contributed by atoms with Gasteiger partial charge in [0.05, 0.1) is 17.5 Å². The molecule has 0 heterocycles. The lowest BCUT2D eigenvalue weighted by Crippen LogP contribution is -2.53. The highest BCUT2D eigenvalue weighted by atomic mass is 35.5. The molecule has 0 saturated carbocycles. The molecule has 0 aromatic heterocycles. The van der Waals surface area contributed by atoms with E-state index in [1.807, 2.05) is 0 Å². The summed E-state index contributed by atoms with van der Waals surface area (Å²) in [7, 11) is -4.16. The van der Waals surface area contributed by atoms with Crippen LogP contribution < -0.4 is 9.62 Å². The predicted octanol–water partition coefficient (Wildman–Crippen LogP) is 4.46. The Morgan fingerprint density at radius 2 is 1.69 bits per heavy atom. The van der Waals surface area contributed by atoms with Crippen molar-refractivity contribution in [2.75, 3.05) is 17.1 Å². The van der Waals surface area contributed by atoms with Crippen molar-refractivity contribution in [3.8, 4) is 0 Å². The Kier molecular flexibility index (Phi) is 9.78. The Morgan fingerprint density at radius 3 is 2.19 bits per heavy atom. The largest absolute Gasteiger partial charge is 0.416 e. The van der Waals surface area contributed by atoms with Crippen LogP contribution in [-0.4, -0.2) is 50.0 Å². The summed E-state index contributed by atoms with van der Waals surface area (Å²) >= 11 is 5.94. The van der Waals surface area contributed by atoms with Crippen molar-refractivity contribution < 1.29 is 31.2 Å². The van der Waals surface area contributed by atoms with Crippen molar-refractivity contribution in [3.05, 3.63) is 64.7 Å². The molecule has 12 heteroatoms.